The number of rotatable bonds is 5. The molecule has 0 amide bonds. The van der Waals surface area contributed by atoms with E-state index in [1.165, 1.54) is 13.0 Å². The van der Waals surface area contributed by atoms with E-state index in [1.807, 2.05) is 49.1 Å². The van der Waals surface area contributed by atoms with Gasteiger partial charge in [0.05, 0.1) is 5.69 Å². The zero-order chi connectivity index (χ0) is 15.4. The van der Waals surface area contributed by atoms with Crippen LogP contribution in [0.3, 0.4) is 0 Å². The molecule has 0 bridgehead atoms. The van der Waals surface area contributed by atoms with Gasteiger partial charge in [0.1, 0.15) is 5.82 Å². The van der Waals surface area contributed by atoms with Gasteiger partial charge >= 0.3 is 0 Å². The summed E-state index contributed by atoms with van der Waals surface area (Å²) in [6.45, 7) is 6.04. The fourth-order valence-corrected chi connectivity index (χ4v) is 2.39. The van der Waals surface area contributed by atoms with Crippen LogP contribution in [0.4, 0.5) is 10.1 Å². The Morgan fingerprint density at radius 3 is 2.33 bits per heavy atom. The number of halogens is 1. The van der Waals surface area contributed by atoms with Crippen molar-refractivity contribution in [1.82, 2.24) is 0 Å². The summed E-state index contributed by atoms with van der Waals surface area (Å²) in [6, 6.07) is 14.6. The second kappa shape index (κ2) is 6.53. The van der Waals surface area contributed by atoms with E-state index in [-0.39, 0.29) is 17.6 Å². The maximum absolute atomic E-state index is 14.3. The minimum atomic E-state index is -0.354. The fourth-order valence-electron chi connectivity index (χ4n) is 2.39. The maximum atomic E-state index is 14.3. The highest BCUT2D eigenvalue weighted by Gasteiger charge is 2.21. The third-order valence-electron chi connectivity index (χ3n) is 3.47. The number of hydrogen-bond acceptors (Lipinski definition) is 2. The molecule has 0 spiro atoms. The molecule has 0 radical (unpaired) electrons. The quantitative estimate of drug-likeness (QED) is 0.757. The standard InChI is InChI=1S/C18H20FNO/c1-13(2)20(12-15-8-5-4-6-9-15)18-16(14(3)21)10-7-11-17(18)19/h4-11,13H,12H2,1-3H3. The molecule has 21 heavy (non-hydrogen) atoms. The predicted octanol–water partition coefficient (Wildman–Crippen LogP) is 4.44. The number of hydrogen-bond donors (Lipinski definition) is 0. The Morgan fingerprint density at radius 1 is 1.10 bits per heavy atom. The van der Waals surface area contributed by atoms with Crippen molar-refractivity contribution in [1.29, 1.82) is 0 Å². The van der Waals surface area contributed by atoms with Crippen molar-refractivity contribution in [2.45, 2.75) is 33.4 Å². The second-order valence-corrected chi connectivity index (χ2v) is 5.40. The Bertz CT molecular complexity index is 622. The van der Waals surface area contributed by atoms with Crippen molar-refractivity contribution >= 4 is 11.5 Å². The first kappa shape index (κ1) is 15.2. The Morgan fingerprint density at radius 2 is 1.76 bits per heavy atom. The zero-order valence-electron chi connectivity index (χ0n) is 12.6. The van der Waals surface area contributed by atoms with Crippen LogP contribution in [-0.4, -0.2) is 11.8 Å². The van der Waals surface area contributed by atoms with Gasteiger partial charge in [-0.1, -0.05) is 36.4 Å². The SMILES string of the molecule is CC(=O)c1cccc(F)c1N(Cc1ccccc1)C(C)C. The molecule has 0 aliphatic carbocycles. The molecule has 0 aromatic heterocycles. The van der Waals surface area contributed by atoms with Crippen LogP contribution in [0.1, 0.15) is 36.7 Å². The summed E-state index contributed by atoms with van der Waals surface area (Å²) >= 11 is 0. The Labute approximate surface area is 125 Å². The smallest absolute Gasteiger partial charge is 0.161 e. The predicted molar refractivity (Wildman–Crippen MR) is 84.2 cm³/mol. The highest BCUT2D eigenvalue weighted by atomic mass is 19.1. The van der Waals surface area contributed by atoms with Gasteiger partial charge in [-0.15, -0.1) is 0 Å². The molecular weight excluding hydrogens is 265 g/mol. The average Bonchev–Trinajstić information content (AvgIpc) is 2.45. The number of benzene rings is 2. The van der Waals surface area contributed by atoms with E-state index in [0.29, 0.717) is 17.8 Å². The molecule has 2 aromatic carbocycles. The van der Waals surface area contributed by atoms with Crippen LogP contribution in [-0.2, 0) is 6.54 Å². The van der Waals surface area contributed by atoms with Gasteiger partial charge in [-0.2, -0.15) is 0 Å². The monoisotopic (exact) mass is 285 g/mol. The lowest BCUT2D eigenvalue weighted by Crippen LogP contribution is -2.32. The van der Waals surface area contributed by atoms with E-state index in [2.05, 4.69) is 0 Å². The Kier molecular flexibility index (Phi) is 4.73. The minimum Gasteiger partial charge on any atom is -0.362 e. The zero-order valence-corrected chi connectivity index (χ0v) is 12.6. The van der Waals surface area contributed by atoms with E-state index >= 15 is 0 Å². The third kappa shape index (κ3) is 3.48. The Hall–Kier alpha value is -2.16. The molecule has 2 nitrogen and oxygen atoms in total. The largest absolute Gasteiger partial charge is 0.362 e. The summed E-state index contributed by atoms with van der Waals surface area (Å²) in [7, 11) is 0. The number of Topliss-reactive ketones (excluding diaryl/α,β-unsaturated/α-hetero) is 1. The lowest BCUT2D eigenvalue weighted by Gasteiger charge is -2.31. The first-order valence-corrected chi connectivity index (χ1v) is 7.10. The molecule has 0 N–H and O–H groups in total. The molecule has 0 aliphatic rings. The molecular formula is C18H20FNO. The van der Waals surface area contributed by atoms with Crippen LogP contribution in [0.2, 0.25) is 0 Å². The number of nitrogens with zero attached hydrogens (tertiary/aromatic N) is 1. The Balaban J connectivity index is 2.46. The number of ketones is 1. The summed E-state index contributed by atoms with van der Waals surface area (Å²) in [5, 5.41) is 0. The first-order chi connectivity index (χ1) is 10.0. The van der Waals surface area contributed by atoms with Crippen molar-refractivity contribution in [3.8, 4) is 0 Å². The second-order valence-electron chi connectivity index (χ2n) is 5.40. The molecule has 0 saturated carbocycles. The highest BCUT2D eigenvalue weighted by molar-refractivity contribution is 5.99. The molecule has 2 rings (SSSR count). The van der Waals surface area contributed by atoms with Crippen LogP contribution in [0.15, 0.2) is 48.5 Å². The normalized spacial score (nSPS) is 10.7. The third-order valence-corrected chi connectivity index (χ3v) is 3.47. The molecule has 110 valence electrons. The fraction of sp³-hybridized carbons (Fsp3) is 0.278. The molecule has 0 atom stereocenters. The van der Waals surface area contributed by atoms with Gasteiger partial charge < -0.3 is 4.90 Å². The molecule has 2 aromatic rings. The van der Waals surface area contributed by atoms with Crippen molar-refractivity contribution in [3.63, 3.8) is 0 Å². The lowest BCUT2D eigenvalue weighted by atomic mass is 10.1. The van der Waals surface area contributed by atoms with Gasteiger partial charge in [0.25, 0.3) is 0 Å². The van der Waals surface area contributed by atoms with Gasteiger partial charge in [-0.25, -0.2) is 4.39 Å². The van der Waals surface area contributed by atoms with Gasteiger partial charge in [0.2, 0.25) is 0 Å². The van der Waals surface area contributed by atoms with E-state index in [0.717, 1.165) is 5.56 Å². The molecule has 3 heteroatoms. The maximum Gasteiger partial charge on any atom is 0.161 e. The topological polar surface area (TPSA) is 20.3 Å². The van der Waals surface area contributed by atoms with Gasteiger partial charge in [-0.05, 0) is 38.5 Å². The molecule has 0 saturated heterocycles. The van der Waals surface area contributed by atoms with Crippen LogP contribution in [0.25, 0.3) is 0 Å². The molecule has 0 heterocycles. The highest BCUT2D eigenvalue weighted by Crippen LogP contribution is 2.28. The van der Waals surface area contributed by atoms with Gasteiger partial charge in [0.15, 0.2) is 5.78 Å². The summed E-state index contributed by atoms with van der Waals surface area (Å²) in [4.78, 5) is 13.7. The van der Waals surface area contributed by atoms with Crippen LogP contribution < -0.4 is 4.90 Å². The van der Waals surface area contributed by atoms with Crippen molar-refractivity contribution in [3.05, 3.63) is 65.5 Å². The number of carbonyl (C=O) groups excluding carboxylic acids is 1. The summed E-state index contributed by atoms with van der Waals surface area (Å²) in [5.41, 5.74) is 1.91. The summed E-state index contributed by atoms with van der Waals surface area (Å²) < 4.78 is 14.3. The average molecular weight is 285 g/mol. The van der Waals surface area contributed by atoms with Crippen molar-refractivity contribution < 1.29 is 9.18 Å². The van der Waals surface area contributed by atoms with E-state index in [4.69, 9.17) is 0 Å². The van der Waals surface area contributed by atoms with Crippen molar-refractivity contribution in [2.75, 3.05) is 4.90 Å². The number of carbonyl (C=O) groups is 1. The molecule has 0 fully saturated rings. The molecule has 0 aliphatic heterocycles. The van der Waals surface area contributed by atoms with Crippen LogP contribution in [0.5, 0.6) is 0 Å². The van der Waals surface area contributed by atoms with Gasteiger partial charge in [-0.3, -0.25) is 4.79 Å². The summed E-state index contributed by atoms with van der Waals surface area (Å²) in [5.74, 6) is -0.476. The van der Waals surface area contributed by atoms with E-state index in [1.54, 1.807) is 12.1 Å². The van der Waals surface area contributed by atoms with Gasteiger partial charge in [0, 0.05) is 18.2 Å². The number of para-hydroxylation sites is 1. The van der Waals surface area contributed by atoms with Crippen LogP contribution in [0, 0.1) is 5.82 Å². The van der Waals surface area contributed by atoms with Crippen LogP contribution >= 0.6 is 0 Å². The molecule has 0 unspecified atom stereocenters. The first-order valence-electron chi connectivity index (χ1n) is 7.10. The lowest BCUT2D eigenvalue weighted by molar-refractivity contribution is 0.101. The minimum absolute atomic E-state index is 0.0835. The van der Waals surface area contributed by atoms with E-state index in [9.17, 15) is 9.18 Å². The van der Waals surface area contributed by atoms with E-state index < -0.39 is 0 Å². The van der Waals surface area contributed by atoms with Crippen molar-refractivity contribution in [2.24, 2.45) is 0 Å². The summed E-state index contributed by atoms with van der Waals surface area (Å²) in [6.07, 6.45) is 0. The number of anilines is 1.